The molecular formula is C14H17Br2NO2S. The molecular weight excluding hydrogens is 406 g/mol. The minimum absolute atomic E-state index is 0.225. The number of alkyl halides is 2. The van der Waals surface area contributed by atoms with Crippen LogP contribution in [0, 0.1) is 0 Å². The van der Waals surface area contributed by atoms with Crippen LogP contribution in [0.2, 0.25) is 0 Å². The van der Waals surface area contributed by atoms with E-state index in [0.717, 1.165) is 37.0 Å². The van der Waals surface area contributed by atoms with E-state index in [9.17, 15) is 9.59 Å². The highest BCUT2D eigenvalue weighted by Crippen LogP contribution is 2.38. The average molecular weight is 423 g/mol. The van der Waals surface area contributed by atoms with E-state index >= 15 is 0 Å². The molecule has 3 nitrogen and oxygen atoms in total. The Labute approximate surface area is 139 Å². The molecule has 0 aromatic carbocycles. The number of fused-ring (bicyclic) bond motifs is 1. The van der Waals surface area contributed by atoms with Gasteiger partial charge in [-0.25, -0.2) is 0 Å². The highest BCUT2D eigenvalue weighted by Gasteiger charge is 2.33. The molecule has 1 unspecified atom stereocenters. The van der Waals surface area contributed by atoms with Gasteiger partial charge in [-0.05, 0) is 25.2 Å². The van der Waals surface area contributed by atoms with Crippen molar-refractivity contribution in [3.05, 3.63) is 21.4 Å². The van der Waals surface area contributed by atoms with Crippen LogP contribution in [-0.4, -0.2) is 15.6 Å². The normalized spacial score (nSPS) is 15.6. The van der Waals surface area contributed by atoms with Crippen LogP contribution in [0.4, 0.5) is 0 Å². The molecule has 0 saturated heterocycles. The van der Waals surface area contributed by atoms with E-state index in [1.165, 1.54) is 0 Å². The molecule has 2 rings (SSSR count). The van der Waals surface area contributed by atoms with Gasteiger partial charge in [-0.3, -0.25) is 14.9 Å². The lowest BCUT2D eigenvalue weighted by molar-refractivity contribution is 0.0879. The maximum absolute atomic E-state index is 11.9. The first-order valence-corrected chi connectivity index (χ1v) is 9.50. The van der Waals surface area contributed by atoms with Gasteiger partial charge in [0, 0.05) is 10.3 Å². The predicted octanol–water partition coefficient (Wildman–Crippen LogP) is 4.80. The van der Waals surface area contributed by atoms with Crippen molar-refractivity contribution in [2.75, 3.05) is 0 Å². The number of thiophene rings is 1. The van der Waals surface area contributed by atoms with E-state index in [1.807, 2.05) is 5.38 Å². The Hall–Kier alpha value is -0.200. The molecule has 0 bridgehead atoms. The fourth-order valence-electron chi connectivity index (χ4n) is 2.49. The first-order chi connectivity index (χ1) is 9.54. The van der Waals surface area contributed by atoms with Gasteiger partial charge in [0.05, 0.1) is 14.9 Å². The number of halogens is 2. The second-order valence-electron chi connectivity index (χ2n) is 4.98. The van der Waals surface area contributed by atoms with Crippen LogP contribution >= 0.6 is 43.2 Å². The standard InChI is InChI=1S/C14H17Br2NO2S/c1-2-3-4-8(5-6-10(15)16)12-11-9(7-20-12)13(18)17-14(11)19/h7-8,10H,2-6H2,1H3,(H,17,18,19). The molecule has 2 heterocycles. The van der Waals surface area contributed by atoms with E-state index in [4.69, 9.17) is 0 Å². The number of imide groups is 1. The van der Waals surface area contributed by atoms with Crippen LogP contribution in [0.1, 0.15) is 70.5 Å². The topological polar surface area (TPSA) is 46.2 Å². The van der Waals surface area contributed by atoms with Crippen molar-refractivity contribution in [2.24, 2.45) is 0 Å². The summed E-state index contributed by atoms with van der Waals surface area (Å²) in [6.45, 7) is 2.17. The number of amides is 2. The molecule has 1 aromatic rings. The lowest BCUT2D eigenvalue weighted by atomic mass is 9.92. The van der Waals surface area contributed by atoms with Gasteiger partial charge in [0.2, 0.25) is 0 Å². The molecule has 2 amide bonds. The monoisotopic (exact) mass is 421 g/mol. The smallest absolute Gasteiger partial charge is 0.260 e. The fourth-order valence-corrected chi connectivity index (χ4v) is 4.24. The van der Waals surface area contributed by atoms with E-state index in [1.54, 1.807) is 11.3 Å². The van der Waals surface area contributed by atoms with Crippen molar-refractivity contribution in [3.63, 3.8) is 0 Å². The van der Waals surface area contributed by atoms with E-state index in [0.29, 0.717) is 20.8 Å². The molecule has 1 aliphatic heterocycles. The lowest BCUT2D eigenvalue weighted by Crippen LogP contribution is -2.21. The average Bonchev–Trinajstić information content (AvgIpc) is 2.93. The van der Waals surface area contributed by atoms with Gasteiger partial charge < -0.3 is 0 Å². The maximum Gasteiger partial charge on any atom is 0.260 e. The summed E-state index contributed by atoms with van der Waals surface area (Å²) in [4.78, 5) is 24.7. The Kier molecular flexibility index (Phi) is 5.81. The van der Waals surface area contributed by atoms with Crippen LogP contribution in [0.25, 0.3) is 0 Å². The number of carbonyl (C=O) groups excluding carboxylic acids is 2. The first kappa shape index (κ1) is 16.2. The lowest BCUT2D eigenvalue weighted by Gasteiger charge is -2.16. The summed E-state index contributed by atoms with van der Waals surface area (Å²) in [5, 5.41) is 4.21. The van der Waals surface area contributed by atoms with Crippen LogP contribution in [-0.2, 0) is 0 Å². The van der Waals surface area contributed by atoms with Gasteiger partial charge in [-0.1, -0.05) is 51.6 Å². The number of hydrogen-bond donors (Lipinski definition) is 1. The zero-order valence-electron chi connectivity index (χ0n) is 11.2. The highest BCUT2D eigenvalue weighted by atomic mass is 79.9. The third-order valence-corrected chi connectivity index (χ3v) is 5.59. The van der Waals surface area contributed by atoms with Gasteiger partial charge in [0.25, 0.3) is 11.8 Å². The maximum atomic E-state index is 11.9. The number of unbranched alkanes of at least 4 members (excludes halogenated alkanes) is 1. The summed E-state index contributed by atoms with van der Waals surface area (Å²) >= 11 is 8.57. The SMILES string of the molecule is CCCCC(CCC(Br)Br)c1scc2c1C(=O)NC2=O. The molecule has 6 heteroatoms. The molecule has 1 aliphatic rings. The molecule has 20 heavy (non-hydrogen) atoms. The number of carbonyl (C=O) groups is 2. The van der Waals surface area contributed by atoms with Crippen LogP contribution in [0.3, 0.4) is 0 Å². The quantitative estimate of drug-likeness (QED) is 0.506. The summed E-state index contributed by atoms with van der Waals surface area (Å²) < 4.78 is 0.294. The summed E-state index contributed by atoms with van der Waals surface area (Å²) in [6.07, 6.45) is 5.35. The molecule has 1 atom stereocenters. The van der Waals surface area contributed by atoms with Gasteiger partial charge >= 0.3 is 0 Å². The molecule has 110 valence electrons. The number of nitrogens with one attached hydrogen (secondary N) is 1. The van der Waals surface area contributed by atoms with Crippen molar-refractivity contribution in [1.82, 2.24) is 5.32 Å². The highest BCUT2D eigenvalue weighted by molar-refractivity contribution is 9.24. The molecule has 0 radical (unpaired) electrons. The van der Waals surface area contributed by atoms with Crippen molar-refractivity contribution in [1.29, 1.82) is 0 Å². The summed E-state index contributed by atoms with van der Waals surface area (Å²) in [5.74, 6) is -0.115. The summed E-state index contributed by atoms with van der Waals surface area (Å²) in [6, 6.07) is 0. The fraction of sp³-hybridized carbons (Fsp3) is 0.571. The van der Waals surface area contributed by atoms with Crippen molar-refractivity contribution >= 4 is 55.0 Å². The van der Waals surface area contributed by atoms with E-state index in [-0.39, 0.29) is 11.8 Å². The minimum Gasteiger partial charge on any atom is -0.288 e. The van der Waals surface area contributed by atoms with Gasteiger partial charge in [0.15, 0.2) is 0 Å². The van der Waals surface area contributed by atoms with Crippen LogP contribution in [0.5, 0.6) is 0 Å². The van der Waals surface area contributed by atoms with Gasteiger partial charge in [-0.2, -0.15) is 0 Å². The Morgan fingerprint density at radius 1 is 1.20 bits per heavy atom. The Morgan fingerprint density at radius 2 is 1.95 bits per heavy atom. The molecule has 0 spiro atoms. The molecule has 0 fully saturated rings. The van der Waals surface area contributed by atoms with Crippen LogP contribution < -0.4 is 5.32 Å². The summed E-state index contributed by atoms with van der Waals surface area (Å²) in [7, 11) is 0. The molecule has 1 aromatic heterocycles. The Bertz CT molecular complexity index is 513. The van der Waals surface area contributed by atoms with E-state index < -0.39 is 0 Å². The first-order valence-electron chi connectivity index (χ1n) is 6.79. The third kappa shape index (κ3) is 3.52. The second-order valence-corrected chi connectivity index (χ2v) is 9.33. The zero-order chi connectivity index (χ0) is 14.7. The second kappa shape index (κ2) is 7.18. The number of rotatable bonds is 7. The zero-order valence-corrected chi connectivity index (χ0v) is 15.2. The molecule has 1 N–H and O–H groups in total. The van der Waals surface area contributed by atoms with Crippen LogP contribution in [0.15, 0.2) is 5.38 Å². The molecule has 0 aliphatic carbocycles. The van der Waals surface area contributed by atoms with Crippen molar-refractivity contribution in [3.8, 4) is 0 Å². The molecule has 0 saturated carbocycles. The van der Waals surface area contributed by atoms with Crippen molar-refractivity contribution in [2.45, 2.75) is 48.7 Å². The number of hydrogen-bond acceptors (Lipinski definition) is 3. The van der Waals surface area contributed by atoms with Gasteiger partial charge in [0.1, 0.15) is 0 Å². The largest absolute Gasteiger partial charge is 0.288 e. The van der Waals surface area contributed by atoms with Gasteiger partial charge in [-0.15, -0.1) is 11.3 Å². The Morgan fingerprint density at radius 3 is 2.60 bits per heavy atom. The third-order valence-electron chi connectivity index (χ3n) is 3.53. The van der Waals surface area contributed by atoms with E-state index in [2.05, 4.69) is 44.1 Å². The predicted molar refractivity (Wildman–Crippen MR) is 89.3 cm³/mol. The van der Waals surface area contributed by atoms with Crippen molar-refractivity contribution < 1.29 is 9.59 Å². The minimum atomic E-state index is -0.249. The Balaban J connectivity index is 2.22. The summed E-state index contributed by atoms with van der Waals surface area (Å²) in [5.41, 5.74) is 1.19.